The molecule has 2 N–H and O–H groups in total. The summed E-state index contributed by atoms with van der Waals surface area (Å²) in [5, 5.41) is 6.30. The van der Waals surface area contributed by atoms with Crippen LogP contribution < -0.4 is 10.7 Å². The van der Waals surface area contributed by atoms with E-state index in [4.69, 9.17) is 0 Å². The number of halogens is 1. The van der Waals surface area contributed by atoms with E-state index in [-0.39, 0.29) is 0 Å². The number of anilines is 1. The van der Waals surface area contributed by atoms with E-state index in [1.165, 1.54) is 11.8 Å². The minimum atomic E-state index is -0.829. The Morgan fingerprint density at radius 1 is 1.08 bits per heavy atom. The number of hydrogen-bond acceptors (Lipinski definition) is 3. The molecular weight excluding hydrogens is 370 g/mol. The van der Waals surface area contributed by atoms with Crippen LogP contribution >= 0.6 is 15.9 Å². The minimum absolute atomic E-state index is 0.456. The van der Waals surface area contributed by atoms with Crippen LogP contribution in [0.25, 0.3) is 0 Å². The second-order valence-corrected chi connectivity index (χ2v) is 6.40. The third-order valence-corrected chi connectivity index (χ3v) is 3.76. The molecule has 0 bridgehead atoms. The number of rotatable bonds is 4. The van der Waals surface area contributed by atoms with E-state index >= 15 is 0 Å². The lowest BCUT2D eigenvalue weighted by atomic mass is 10.0. The first-order valence-electron chi connectivity index (χ1n) is 7.45. The van der Waals surface area contributed by atoms with E-state index in [0.29, 0.717) is 11.6 Å². The standard InChI is InChI=1S/C18H18BrN3O2/c1-12(2)14-8-6-13(7-9-14)11-20-22-18(24)17(23)21-16-5-3-4-15(19)10-16/h3-12H,1-2H3,(H,21,23)(H,22,24). The van der Waals surface area contributed by atoms with E-state index in [9.17, 15) is 9.59 Å². The van der Waals surface area contributed by atoms with Crippen molar-refractivity contribution in [2.24, 2.45) is 5.10 Å². The van der Waals surface area contributed by atoms with Crippen molar-refractivity contribution in [1.29, 1.82) is 0 Å². The van der Waals surface area contributed by atoms with Gasteiger partial charge < -0.3 is 5.32 Å². The third-order valence-electron chi connectivity index (χ3n) is 3.27. The number of nitrogens with one attached hydrogen (secondary N) is 2. The Labute approximate surface area is 149 Å². The molecule has 2 aromatic carbocycles. The van der Waals surface area contributed by atoms with Crippen LogP contribution in [0.15, 0.2) is 58.1 Å². The average Bonchev–Trinajstić information content (AvgIpc) is 2.55. The highest BCUT2D eigenvalue weighted by molar-refractivity contribution is 9.10. The monoisotopic (exact) mass is 387 g/mol. The molecule has 124 valence electrons. The van der Waals surface area contributed by atoms with Crippen molar-refractivity contribution in [3.05, 3.63) is 64.1 Å². The summed E-state index contributed by atoms with van der Waals surface area (Å²) in [4.78, 5) is 23.5. The number of benzene rings is 2. The zero-order valence-corrected chi connectivity index (χ0v) is 15.0. The van der Waals surface area contributed by atoms with Gasteiger partial charge in [0.1, 0.15) is 0 Å². The van der Waals surface area contributed by atoms with E-state index in [1.54, 1.807) is 18.2 Å². The fraction of sp³-hybridized carbons (Fsp3) is 0.167. The molecule has 2 amide bonds. The van der Waals surface area contributed by atoms with Gasteiger partial charge in [-0.05, 0) is 35.2 Å². The Morgan fingerprint density at radius 2 is 1.79 bits per heavy atom. The van der Waals surface area contributed by atoms with Crippen molar-refractivity contribution in [2.45, 2.75) is 19.8 Å². The number of carbonyl (C=O) groups is 2. The predicted octanol–water partition coefficient (Wildman–Crippen LogP) is 3.66. The smallest absolute Gasteiger partial charge is 0.318 e. The maximum atomic E-state index is 11.8. The highest BCUT2D eigenvalue weighted by atomic mass is 79.9. The van der Waals surface area contributed by atoms with Gasteiger partial charge in [0.2, 0.25) is 0 Å². The lowest BCUT2D eigenvalue weighted by molar-refractivity contribution is -0.136. The quantitative estimate of drug-likeness (QED) is 0.477. The maximum absolute atomic E-state index is 11.8. The van der Waals surface area contributed by atoms with Crippen LogP contribution in [0.4, 0.5) is 5.69 Å². The predicted molar refractivity (Wildman–Crippen MR) is 99.0 cm³/mol. The molecule has 0 unspecified atom stereocenters. The summed E-state index contributed by atoms with van der Waals surface area (Å²) in [6.07, 6.45) is 1.49. The van der Waals surface area contributed by atoms with Gasteiger partial charge in [-0.1, -0.05) is 60.1 Å². The summed E-state index contributed by atoms with van der Waals surface area (Å²) in [6, 6.07) is 14.8. The lowest BCUT2D eigenvalue weighted by Gasteiger charge is -2.05. The van der Waals surface area contributed by atoms with E-state index < -0.39 is 11.8 Å². The van der Waals surface area contributed by atoms with Gasteiger partial charge in [-0.15, -0.1) is 0 Å². The molecule has 0 atom stereocenters. The molecule has 0 radical (unpaired) electrons. The summed E-state index contributed by atoms with van der Waals surface area (Å²) in [5.74, 6) is -1.15. The Kier molecular flexibility index (Phi) is 6.26. The number of carbonyl (C=O) groups excluding carboxylic acids is 2. The van der Waals surface area contributed by atoms with E-state index in [0.717, 1.165) is 10.0 Å². The largest absolute Gasteiger partial charge is 0.329 e. The maximum Gasteiger partial charge on any atom is 0.329 e. The Hall–Kier alpha value is -2.47. The number of nitrogens with zero attached hydrogens (tertiary/aromatic N) is 1. The molecule has 0 aliphatic heterocycles. The number of hydrazone groups is 1. The lowest BCUT2D eigenvalue weighted by Crippen LogP contribution is -2.32. The van der Waals surface area contributed by atoms with Crippen LogP contribution in [0.1, 0.15) is 30.9 Å². The second-order valence-electron chi connectivity index (χ2n) is 5.48. The first-order valence-corrected chi connectivity index (χ1v) is 8.25. The number of amides is 2. The molecule has 2 rings (SSSR count). The Balaban J connectivity index is 1.88. The summed E-state index contributed by atoms with van der Waals surface area (Å²) in [7, 11) is 0. The van der Waals surface area contributed by atoms with Crippen LogP contribution in [0.2, 0.25) is 0 Å². The van der Waals surface area contributed by atoms with Gasteiger partial charge in [0.15, 0.2) is 0 Å². The SMILES string of the molecule is CC(C)c1ccc(C=NNC(=O)C(=O)Nc2cccc(Br)c2)cc1. The van der Waals surface area contributed by atoms with E-state index in [1.807, 2.05) is 30.3 Å². The normalized spacial score (nSPS) is 10.8. The molecule has 0 aromatic heterocycles. The molecule has 6 heteroatoms. The summed E-state index contributed by atoms with van der Waals surface area (Å²) >= 11 is 3.30. The van der Waals surface area contributed by atoms with Crippen LogP contribution in [0, 0.1) is 0 Å². The Bertz CT molecular complexity index is 755. The van der Waals surface area contributed by atoms with Crippen molar-refractivity contribution in [1.82, 2.24) is 5.43 Å². The molecule has 0 aliphatic rings. The first kappa shape index (κ1) is 17.9. The minimum Gasteiger partial charge on any atom is -0.318 e. The fourth-order valence-electron chi connectivity index (χ4n) is 1.94. The molecule has 0 aliphatic carbocycles. The van der Waals surface area contributed by atoms with Crippen LogP contribution in [0.3, 0.4) is 0 Å². The van der Waals surface area contributed by atoms with Gasteiger partial charge in [0.05, 0.1) is 6.21 Å². The van der Waals surface area contributed by atoms with Gasteiger partial charge in [0, 0.05) is 10.2 Å². The third kappa shape index (κ3) is 5.31. The molecule has 24 heavy (non-hydrogen) atoms. The molecule has 0 spiro atoms. The number of hydrogen-bond donors (Lipinski definition) is 2. The molecule has 0 fully saturated rings. The van der Waals surface area contributed by atoms with Gasteiger partial charge >= 0.3 is 11.8 Å². The zero-order valence-electron chi connectivity index (χ0n) is 13.4. The summed E-state index contributed by atoms with van der Waals surface area (Å²) < 4.78 is 0.809. The van der Waals surface area contributed by atoms with Crippen LogP contribution in [-0.4, -0.2) is 18.0 Å². The van der Waals surface area contributed by atoms with Crippen LogP contribution in [0.5, 0.6) is 0 Å². The van der Waals surface area contributed by atoms with Crippen LogP contribution in [-0.2, 0) is 9.59 Å². The molecule has 0 saturated carbocycles. The zero-order chi connectivity index (χ0) is 17.5. The topological polar surface area (TPSA) is 70.6 Å². The molecular formula is C18H18BrN3O2. The average molecular weight is 388 g/mol. The highest BCUT2D eigenvalue weighted by Gasteiger charge is 2.12. The summed E-state index contributed by atoms with van der Waals surface area (Å²) in [6.45, 7) is 4.24. The fourth-order valence-corrected chi connectivity index (χ4v) is 2.34. The first-order chi connectivity index (χ1) is 11.5. The second kappa shape index (κ2) is 8.40. The highest BCUT2D eigenvalue weighted by Crippen LogP contribution is 2.15. The molecule has 0 heterocycles. The van der Waals surface area contributed by atoms with Gasteiger partial charge in [0.25, 0.3) is 0 Å². The van der Waals surface area contributed by atoms with Gasteiger partial charge in [-0.2, -0.15) is 5.10 Å². The molecule has 0 saturated heterocycles. The van der Waals surface area contributed by atoms with Crippen molar-refractivity contribution < 1.29 is 9.59 Å². The van der Waals surface area contributed by atoms with Crippen molar-refractivity contribution in [2.75, 3.05) is 5.32 Å². The van der Waals surface area contributed by atoms with E-state index in [2.05, 4.69) is 45.6 Å². The van der Waals surface area contributed by atoms with Gasteiger partial charge in [-0.25, -0.2) is 5.43 Å². The molecule has 2 aromatic rings. The van der Waals surface area contributed by atoms with Crippen molar-refractivity contribution in [3.8, 4) is 0 Å². The van der Waals surface area contributed by atoms with Crippen molar-refractivity contribution in [3.63, 3.8) is 0 Å². The Morgan fingerprint density at radius 3 is 2.42 bits per heavy atom. The molecule has 5 nitrogen and oxygen atoms in total. The van der Waals surface area contributed by atoms with Gasteiger partial charge in [-0.3, -0.25) is 9.59 Å². The summed E-state index contributed by atoms with van der Waals surface area (Å²) in [5.41, 5.74) is 4.80. The van der Waals surface area contributed by atoms with Crippen molar-refractivity contribution >= 4 is 39.6 Å².